The number of hydrogen-bond acceptors (Lipinski definition) is 4. The van der Waals surface area contributed by atoms with Crippen molar-refractivity contribution < 1.29 is 19.4 Å². The average Bonchev–Trinajstić information content (AvgIpc) is 3.07. The third-order valence-electron chi connectivity index (χ3n) is 5.75. The number of benzene rings is 3. The summed E-state index contributed by atoms with van der Waals surface area (Å²) >= 11 is 0. The van der Waals surface area contributed by atoms with E-state index >= 15 is 0 Å². The summed E-state index contributed by atoms with van der Waals surface area (Å²) in [5.41, 5.74) is 3.96. The minimum absolute atomic E-state index is 0.0630. The first kappa shape index (κ1) is 21.4. The van der Waals surface area contributed by atoms with E-state index in [4.69, 9.17) is 4.74 Å². The zero-order chi connectivity index (χ0) is 22.8. The lowest BCUT2D eigenvalue weighted by Gasteiger charge is -2.26. The van der Waals surface area contributed by atoms with Crippen molar-refractivity contribution in [1.82, 2.24) is 0 Å². The Bertz CT molecular complexity index is 1210. The van der Waals surface area contributed by atoms with Crippen molar-refractivity contribution in [3.8, 4) is 5.75 Å². The highest BCUT2D eigenvalue weighted by Crippen LogP contribution is 2.42. The molecule has 32 heavy (non-hydrogen) atoms. The van der Waals surface area contributed by atoms with Crippen LogP contribution in [0.5, 0.6) is 5.75 Å². The summed E-state index contributed by atoms with van der Waals surface area (Å²) < 4.78 is 5.54. The van der Waals surface area contributed by atoms with Crippen molar-refractivity contribution in [1.29, 1.82) is 0 Å². The summed E-state index contributed by atoms with van der Waals surface area (Å²) in [5, 5.41) is 11.2. The Balaban J connectivity index is 1.92. The molecule has 4 rings (SSSR count). The van der Waals surface area contributed by atoms with Crippen LogP contribution in [0.25, 0.3) is 5.76 Å². The molecule has 0 radical (unpaired) electrons. The number of carbonyl (C=O) groups excluding carboxylic acids is 2. The van der Waals surface area contributed by atoms with Gasteiger partial charge in [0.25, 0.3) is 11.7 Å². The Morgan fingerprint density at radius 1 is 0.938 bits per heavy atom. The van der Waals surface area contributed by atoms with Gasteiger partial charge >= 0.3 is 0 Å². The molecule has 1 unspecified atom stereocenters. The fraction of sp³-hybridized carbons (Fsp3) is 0.185. The number of Topliss-reactive ketones (excluding diaryl/α,β-unsaturated/α-hetero) is 1. The van der Waals surface area contributed by atoms with Crippen molar-refractivity contribution >= 4 is 23.1 Å². The van der Waals surface area contributed by atoms with Crippen molar-refractivity contribution in [3.63, 3.8) is 0 Å². The summed E-state index contributed by atoms with van der Waals surface area (Å²) in [4.78, 5) is 27.9. The van der Waals surface area contributed by atoms with Crippen molar-refractivity contribution in [2.45, 2.75) is 26.8 Å². The number of hydrogen-bond donors (Lipinski definition) is 1. The molecular weight excluding hydrogens is 402 g/mol. The summed E-state index contributed by atoms with van der Waals surface area (Å²) in [7, 11) is 0. The molecule has 162 valence electrons. The van der Waals surface area contributed by atoms with Gasteiger partial charge in [-0.2, -0.15) is 0 Å². The Hall–Kier alpha value is -3.86. The first-order chi connectivity index (χ1) is 15.4. The molecule has 1 aliphatic rings. The van der Waals surface area contributed by atoms with Crippen LogP contribution >= 0.6 is 0 Å². The topological polar surface area (TPSA) is 66.8 Å². The standard InChI is InChI=1S/C27H25NO4/c1-4-32-22-12-8-11-20(16-22)25(29)23-24(19-9-6-5-7-10-19)28(27(31)26(23)30)21-14-13-17(2)18(3)15-21/h5-16,24,29H,4H2,1-3H3/b25-23+. The zero-order valence-corrected chi connectivity index (χ0v) is 18.3. The van der Waals surface area contributed by atoms with Crippen molar-refractivity contribution in [3.05, 3.63) is 101 Å². The molecule has 1 amide bonds. The van der Waals surface area contributed by atoms with E-state index in [-0.39, 0.29) is 11.3 Å². The van der Waals surface area contributed by atoms with Crippen LogP contribution in [0.1, 0.15) is 35.2 Å². The first-order valence-corrected chi connectivity index (χ1v) is 10.6. The molecule has 1 saturated heterocycles. The molecule has 1 heterocycles. The number of aryl methyl sites for hydroxylation is 2. The molecule has 0 spiro atoms. The second-order valence-electron chi connectivity index (χ2n) is 7.81. The van der Waals surface area contributed by atoms with Gasteiger partial charge in [-0.3, -0.25) is 14.5 Å². The largest absolute Gasteiger partial charge is 0.507 e. The molecule has 0 saturated carbocycles. The SMILES string of the molecule is CCOc1cccc(/C(O)=C2\C(=O)C(=O)N(c3ccc(C)c(C)c3)C2c2ccccc2)c1. The minimum atomic E-state index is -0.742. The quantitative estimate of drug-likeness (QED) is 0.340. The maximum atomic E-state index is 13.2. The van der Waals surface area contributed by atoms with Crippen LogP contribution in [0.2, 0.25) is 0 Å². The average molecular weight is 428 g/mol. The number of carbonyl (C=O) groups is 2. The van der Waals surface area contributed by atoms with Crippen LogP contribution in [0, 0.1) is 13.8 Å². The Morgan fingerprint density at radius 3 is 2.38 bits per heavy atom. The van der Waals surface area contributed by atoms with Crippen LogP contribution in [-0.2, 0) is 9.59 Å². The Kier molecular flexibility index (Phi) is 5.82. The van der Waals surface area contributed by atoms with E-state index in [0.29, 0.717) is 23.6 Å². The molecule has 5 nitrogen and oxygen atoms in total. The Labute approximate surface area is 187 Å². The maximum Gasteiger partial charge on any atom is 0.300 e. The molecule has 0 bridgehead atoms. The zero-order valence-electron chi connectivity index (χ0n) is 18.3. The van der Waals surface area contributed by atoms with Gasteiger partial charge in [-0.05, 0) is 61.7 Å². The molecule has 1 fully saturated rings. The Morgan fingerprint density at radius 2 is 1.69 bits per heavy atom. The molecule has 5 heteroatoms. The summed E-state index contributed by atoms with van der Waals surface area (Å²) in [5.74, 6) is -1.01. The summed E-state index contributed by atoms with van der Waals surface area (Å²) in [6.45, 7) is 6.31. The van der Waals surface area contributed by atoms with Crippen molar-refractivity contribution in [2.75, 3.05) is 11.5 Å². The van der Waals surface area contributed by atoms with E-state index in [1.165, 1.54) is 4.90 Å². The predicted octanol–water partition coefficient (Wildman–Crippen LogP) is 5.33. The number of ketones is 1. The smallest absolute Gasteiger partial charge is 0.300 e. The fourth-order valence-corrected chi connectivity index (χ4v) is 3.98. The molecule has 1 aliphatic heterocycles. The maximum absolute atomic E-state index is 13.2. The second kappa shape index (κ2) is 8.71. The van der Waals surface area contributed by atoms with Gasteiger partial charge in [0.15, 0.2) is 0 Å². The molecule has 0 aliphatic carbocycles. The number of aliphatic hydroxyl groups is 1. The third kappa shape index (κ3) is 3.78. The van der Waals surface area contributed by atoms with E-state index in [1.54, 1.807) is 24.3 Å². The highest BCUT2D eigenvalue weighted by Gasteiger charge is 2.47. The monoisotopic (exact) mass is 427 g/mol. The van der Waals surface area contributed by atoms with E-state index in [2.05, 4.69) is 0 Å². The van der Waals surface area contributed by atoms with Gasteiger partial charge in [0.05, 0.1) is 18.2 Å². The normalized spacial score (nSPS) is 17.6. The van der Waals surface area contributed by atoms with Crippen LogP contribution in [-0.4, -0.2) is 23.4 Å². The van der Waals surface area contributed by atoms with E-state index in [9.17, 15) is 14.7 Å². The summed E-state index contributed by atoms with van der Waals surface area (Å²) in [6.07, 6.45) is 0. The predicted molar refractivity (Wildman–Crippen MR) is 125 cm³/mol. The number of ether oxygens (including phenoxy) is 1. The number of amides is 1. The molecule has 1 atom stereocenters. The van der Waals surface area contributed by atoms with Crippen LogP contribution in [0.15, 0.2) is 78.4 Å². The number of nitrogens with zero attached hydrogens (tertiary/aromatic N) is 1. The van der Waals surface area contributed by atoms with E-state index in [0.717, 1.165) is 16.7 Å². The lowest BCUT2D eigenvalue weighted by molar-refractivity contribution is -0.132. The molecule has 3 aromatic rings. The number of rotatable bonds is 5. The number of anilines is 1. The van der Waals surface area contributed by atoms with Gasteiger partial charge in [0.2, 0.25) is 0 Å². The highest BCUT2D eigenvalue weighted by molar-refractivity contribution is 6.51. The van der Waals surface area contributed by atoms with Gasteiger partial charge in [-0.15, -0.1) is 0 Å². The molecule has 1 N–H and O–H groups in total. The van der Waals surface area contributed by atoms with Crippen molar-refractivity contribution in [2.24, 2.45) is 0 Å². The van der Waals surface area contributed by atoms with Crippen LogP contribution < -0.4 is 9.64 Å². The molecule has 0 aromatic heterocycles. The lowest BCUT2D eigenvalue weighted by atomic mass is 9.95. The second-order valence-corrected chi connectivity index (χ2v) is 7.81. The van der Waals surface area contributed by atoms with Crippen LogP contribution in [0.3, 0.4) is 0 Å². The van der Waals surface area contributed by atoms with Gasteiger partial charge in [-0.25, -0.2) is 0 Å². The molecular formula is C27H25NO4. The van der Waals surface area contributed by atoms with Gasteiger partial charge in [0, 0.05) is 11.3 Å². The minimum Gasteiger partial charge on any atom is -0.507 e. The first-order valence-electron chi connectivity index (χ1n) is 10.6. The van der Waals surface area contributed by atoms with Gasteiger partial charge < -0.3 is 9.84 Å². The fourth-order valence-electron chi connectivity index (χ4n) is 3.98. The van der Waals surface area contributed by atoms with Gasteiger partial charge in [0.1, 0.15) is 11.5 Å². The van der Waals surface area contributed by atoms with Gasteiger partial charge in [-0.1, -0.05) is 48.5 Å². The lowest BCUT2D eigenvalue weighted by Crippen LogP contribution is -2.29. The van der Waals surface area contributed by atoms with E-state index < -0.39 is 17.7 Å². The number of aliphatic hydroxyl groups excluding tert-OH is 1. The third-order valence-corrected chi connectivity index (χ3v) is 5.75. The molecule has 3 aromatic carbocycles. The van der Waals surface area contributed by atoms with Crippen LogP contribution in [0.4, 0.5) is 5.69 Å². The summed E-state index contributed by atoms with van der Waals surface area (Å²) in [6, 6.07) is 21.1. The van der Waals surface area contributed by atoms with E-state index in [1.807, 2.05) is 69.3 Å². The highest BCUT2D eigenvalue weighted by atomic mass is 16.5.